The zero-order chi connectivity index (χ0) is 23.5. The van der Waals surface area contributed by atoms with E-state index in [1.807, 2.05) is 48.5 Å². The molecule has 33 heavy (non-hydrogen) atoms. The number of hydrogen-bond acceptors (Lipinski definition) is 4. The highest BCUT2D eigenvalue weighted by Gasteiger charge is 2.36. The molecule has 0 fully saturated rings. The van der Waals surface area contributed by atoms with Crippen molar-refractivity contribution in [1.29, 1.82) is 0 Å². The van der Waals surface area contributed by atoms with Crippen LogP contribution in [-0.2, 0) is 11.2 Å². The Balaban J connectivity index is 1.42. The zero-order valence-electron chi connectivity index (χ0n) is 18.5. The smallest absolute Gasteiger partial charge is 0.348 e. The maximum Gasteiger partial charge on any atom is 0.348 e. The second-order valence-electron chi connectivity index (χ2n) is 7.72. The fourth-order valence-corrected chi connectivity index (χ4v) is 3.16. The average Bonchev–Trinajstić information content (AvgIpc) is 2.81. The lowest BCUT2D eigenvalue weighted by atomic mass is 9.96. The molecule has 0 saturated heterocycles. The van der Waals surface area contributed by atoms with Gasteiger partial charge in [-0.25, -0.2) is 9.59 Å². The van der Waals surface area contributed by atoms with E-state index in [0.717, 1.165) is 11.3 Å². The number of carboxylic acid groups (broad SMARTS) is 1. The number of carboxylic acids is 1. The predicted molar refractivity (Wildman–Crippen MR) is 127 cm³/mol. The van der Waals surface area contributed by atoms with Gasteiger partial charge >= 0.3 is 12.0 Å². The number of amides is 2. The van der Waals surface area contributed by atoms with Crippen molar-refractivity contribution in [3.8, 4) is 11.5 Å². The van der Waals surface area contributed by atoms with Crippen LogP contribution in [0.4, 0.5) is 10.5 Å². The Morgan fingerprint density at radius 2 is 1.52 bits per heavy atom. The molecule has 0 aliphatic heterocycles. The number of ether oxygens (including phenoxy) is 2. The van der Waals surface area contributed by atoms with Gasteiger partial charge < -0.3 is 25.2 Å². The highest BCUT2D eigenvalue weighted by molar-refractivity contribution is 5.89. The van der Waals surface area contributed by atoms with Crippen molar-refractivity contribution in [2.75, 3.05) is 18.5 Å². The van der Waals surface area contributed by atoms with Crippen LogP contribution in [0, 0.1) is 0 Å². The molecule has 0 aromatic heterocycles. The molecule has 0 unspecified atom stereocenters. The highest BCUT2D eigenvalue weighted by atomic mass is 16.5. The summed E-state index contributed by atoms with van der Waals surface area (Å²) in [5.41, 5.74) is 0.164. The van der Waals surface area contributed by atoms with Crippen molar-refractivity contribution in [2.45, 2.75) is 25.4 Å². The zero-order valence-corrected chi connectivity index (χ0v) is 18.5. The number of rotatable bonds is 11. The lowest BCUT2D eigenvalue weighted by Crippen LogP contribution is -2.43. The molecule has 7 heteroatoms. The second kappa shape index (κ2) is 11.6. The third-order valence-electron chi connectivity index (χ3n) is 4.91. The van der Waals surface area contributed by atoms with Crippen LogP contribution in [0.1, 0.15) is 18.9 Å². The molecular formula is C26H28N2O5. The van der Waals surface area contributed by atoms with E-state index in [2.05, 4.69) is 10.6 Å². The summed E-state index contributed by atoms with van der Waals surface area (Å²) in [4.78, 5) is 23.7. The Labute approximate surface area is 193 Å². The summed E-state index contributed by atoms with van der Waals surface area (Å²) >= 11 is 0. The first-order valence-electron chi connectivity index (χ1n) is 10.7. The minimum atomic E-state index is -1.39. The molecule has 7 nitrogen and oxygen atoms in total. The van der Waals surface area contributed by atoms with Crippen LogP contribution in [0.2, 0.25) is 0 Å². The molecule has 1 atom stereocenters. The fourth-order valence-electron chi connectivity index (χ4n) is 3.16. The Hall–Kier alpha value is -4.00. The number of carbonyl (C=O) groups excluding carboxylic acids is 1. The van der Waals surface area contributed by atoms with E-state index in [0.29, 0.717) is 31.1 Å². The Morgan fingerprint density at radius 1 is 0.879 bits per heavy atom. The summed E-state index contributed by atoms with van der Waals surface area (Å²) in [6.07, 6.45) is 0.851. The molecule has 0 aliphatic carbocycles. The van der Waals surface area contributed by atoms with Crippen LogP contribution >= 0.6 is 0 Å². The lowest BCUT2D eigenvalue weighted by Gasteiger charge is -2.26. The molecule has 0 saturated carbocycles. The molecule has 0 spiro atoms. The molecule has 3 rings (SSSR count). The van der Waals surface area contributed by atoms with E-state index < -0.39 is 11.6 Å². The van der Waals surface area contributed by atoms with Crippen molar-refractivity contribution in [3.05, 3.63) is 90.5 Å². The largest absolute Gasteiger partial charge is 0.494 e. The average molecular weight is 449 g/mol. The fraction of sp³-hybridized carbons (Fsp3) is 0.231. The van der Waals surface area contributed by atoms with Crippen LogP contribution in [0.15, 0.2) is 84.9 Å². The minimum absolute atomic E-state index is 0.206. The number of aliphatic carboxylic acids is 1. The van der Waals surface area contributed by atoms with E-state index in [-0.39, 0.29) is 12.5 Å². The predicted octanol–water partition coefficient (Wildman–Crippen LogP) is 4.74. The van der Waals surface area contributed by atoms with Gasteiger partial charge in [0.2, 0.25) is 5.60 Å². The van der Waals surface area contributed by atoms with E-state index >= 15 is 0 Å². The number of carbonyl (C=O) groups is 2. The molecule has 172 valence electrons. The molecule has 3 aromatic rings. The first-order chi connectivity index (χ1) is 15.9. The summed E-state index contributed by atoms with van der Waals surface area (Å²) in [6.45, 7) is 2.48. The molecule has 3 N–H and O–H groups in total. The molecule has 2 amide bonds. The highest BCUT2D eigenvalue weighted by Crippen LogP contribution is 2.24. The van der Waals surface area contributed by atoms with E-state index in [1.54, 1.807) is 43.3 Å². The quantitative estimate of drug-likeness (QED) is 0.368. The van der Waals surface area contributed by atoms with Crippen LogP contribution in [0.5, 0.6) is 11.5 Å². The number of para-hydroxylation sites is 2. The number of nitrogens with one attached hydrogen (secondary N) is 2. The Kier molecular flexibility index (Phi) is 8.30. The van der Waals surface area contributed by atoms with Crippen molar-refractivity contribution in [2.24, 2.45) is 0 Å². The van der Waals surface area contributed by atoms with Crippen LogP contribution < -0.4 is 20.1 Å². The molecule has 3 aromatic carbocycles. The molecule has 0 bridgehead atoms. The van der Waals surface area contributed by atoms with Gasteiger partial charge in [-0.2, -0.15) is 0 Å². The summed E-state index contributed by atoms with van der Waals surface area (Å²) in [6, 6.07) is 25.2. The van der Waals surface area contributed by atoms with Crippen molar-refractivity contribution in [1.82, 2.24) is 5.32 Å². The van der Waals surface area contributed by atoms with Crippen LogP contribution in [0.3, 0.4) is 0 Å². The number of anilines is 1. The summed E-state index contributed by atoms with van der Waals surface area (Å²) in [5.74, 6) is 0.150. The SMILES string of the molecule is C[C@@](Cc1ccc(OCCCNC(=O)Nc2ccccc2)cc1)(Oc1ccccc1)C(=O)O. The lowest BCUT2D eigenvalue weighted by molar-refractivity contribution is -0.153. The molecule has 0 radical (unpaired) electrons. The van der Waals surface area contributed by atoms with Crippen molar-refractivity contribution in [3.63, 3.8) is 0 Å². The van der Waals surface area contributed by atoms with Gasteiger partial charge in [-0.3, -0.25) is 0 Å². The van der Waals surface area contributed by atoms with Crippen LogP contribution in [0.25, 0.3) is 0 Å². The third kappa shape index (κ3) is 7.57. The minimum Gasteiger partial charge on any atom is -0.494 e. The maximum absolute atomic E-state index is 11.9. The van der Waals surface area contributed by atoms with Crippen LogP contribution in [-0.4, -0.2) is 35.9 Å². The molecule has 0 aliphatic rings. The third-order valence-corrected chi connectivity index (χ3v) is 4.91. The summed E-state index contributed by atoms with van der Waals surface area (Å²) in [7, 11) is 0. The Morgan fingerprint density at radius 3 is 2.15 bits per heavy atom. The standard InChI is InChI=1S/C26H28N2O5/c1-26(24(29)30,33-23-11-6-3-7-12-23)19-20-13-15-22(16-14-20)32-18-8-17-27-25(31)28-21-9-4-2-5-10-21/h2-7,9-16H,8,17-19H2,1H3,(H,29,30)(H2,27,28,31)/t26-/m0/s1. The van der Waals surface area contributed by atoms with Crippen molar-refractivity contribution >= 4 is 17.7 Å². The number of urea groups is 1. The van der Waals surface area contributed by atoms with Gasteiger partial charge in [0.15, 0.2) is 0 Å². The topological polar surface area (TPSA) is 96.9 Å². The van der Waals surface area contributed by atoms with E-state index in [4.69, 9.17) is 9.47 Å². The van der Waals surface area contributed by atoms with Gasteiger partial charge in [0.1, 0.15) is 11.5 Å². The van der Waals surface area contributed by atoms with Crippen molar-refractivity contribution < 1.29 is 24.2 Å². The van der Waals surface area contributed by atoms with E-state index in [9.17, 15) is 14.7 Å². The maximum atomic E-state index is 11.9. The number of hydrogen-bond donors (Lipinski definition) is 3. The first kappa shape index (κ1) is 23.7. The van der Waals surface area contributed by atoms with Gasteiger partial charge in [0.05, 0.1) is 6.61 Å². The molecule has 0 heterocycles. The monoisotopic (exact) mass is 448 g/mol. The van der Waals surface area contributed by atoms with Gasteiger partial charge in [0, 0.05) is 18.7 Å². The van der Waals surface area contributed by atoms with E-state index in [1.165, 1.54) is 0 Å². The summed E-state index contributed by atoms with van der Waals surface area (Å²) in [5, 5.41) is 15.3. The Bertz CT molecular complexity index is 1030. The van der Waals surface area contributed by atoms with Gasteiger partial charge in [-0.05, 0) is 55.3 Å². The number of benzene rings is 3. The van der Waals surface area contributed by atoms with Gasteiger partial charge in [-0.1, -0.05) is 48.5 Å². The molecular weight excluding hydrogens is 420 g/mol. The van der Waals surface area contributed by atoms with Gasteiger partial charge in [0.25, 0.3) is 0 Å². The van der Waals surface area contributed by atoms with Gasteiger partial charge in [-0.15, -0.1) is 0 Å². The summed E-state index contributed by atoms with van der Waals surface area (Å²) < 4.78 is 11.5. The second-order valence-corrected chi connectivity index (χ2v) is 7.72. The normalized spacial score (nSPS) is 12.3. The first-order valence-corrected chi connectivity index (χ1v) is 10.7.